The third kappa shape index (κ3) is 3.62. The van der Waals surface area contributed by atoms with E-state index in [-0.39, 0.29) is 11.4 Å². The molecule has 1 aromatic carbocycles. The Morgan fingerprint density at radius 2 is 2.04 bits per heavy atom. The van der Waals surface area contributed by atoms with Crippen LogP contribution < -0.4 is 10.2 Å². The first-order valence-electron chi connectivity index (χ1n) is 8.72. The number of carbonyl (C=O) groups excluding carboxylic acids is 1. The molecule has 0 spiro atoms. The Bertz CT molecular complexity index is 1040. The monoisotopic (exact) mass is 460 g/mol. The lowest BCUT2D eigenvalue weighted by Gasteiger charge is -2.39. The second kappa shape index (κ2) is 7.18. The molecule has 4 rings (SSSR count). The summed E-state index contributed by atoms with van der Waals surface area (Å²) in [6, 6.07) is 7.32. The highest BCUT2D eigenvalue weighted by molar-refractivity contribution is 9.10. The fraction of sp³-hybridized carbons (Fsp3) is 0.263. The fourth-order valence-corrected chi connectivity index (χ4v) is 4.10. The van der Waals surface area contributed by atoms with E-state index in [1.807, 2.05) is 18.2 Å². The largest absolute Gasteiger partial charge is 0.326 e. The van der Waals surface area contributed by atoms with E-state index in [4.69, 9.17) is 11.6 Å². The van der Waals surface area contributed by atoms with Crippen molar-refractivity contribution in [1.29, 1.82) is 0 Å². The van der Waals surface area contributed by atoms with Crippen LogP contribution in [0.25, 0.3) is 5.82 Å². The van der Waals surface area contributed by atoms with Gasteiger partial charge in [0.2, 0.25) is 0 Å². The predicted octanol–water partition coefficient (Wildman–Crippen LogP) is 4.70. The second-order valence-electron chi connectivity index (χ2n) is 7.44. The molecule has 0 radical (unpaired) electrons. The molecule has 1 aliphatic heterocycles. The van der Waals surface area contributed by atoms with Crippen molar-refractivity contribution in [2.24, 2.45) is 5.41 Å². The SMILES string of the molecule is CC1(C)Cc2c(Br)cccc2N(C(=O)Nc2cnc(-n3nccn3)c(Cl)c2)C1. The lowest BCUT2D eigenvalue weighted by molar-refractivity contribution is 0.250. The van der Waals surface area contributed by atoms with Crippen LogP contribution in [0.2, 0.25) is 5.02 Å². The highest BCUT2D eigenvalue weighted by atomic mass is 79.9. The molecule has 28 heavy (non-hydrogen) atoms. The molecule has 0 unspecified atom stereocenters. The Balaban J connectivity index is 1.61. The van der Waals surface area contributed by atoms with Gasteiger partial charge in [0.15, 0.2) is 5.82 Å². The zero-order valence-electron chi connectivity index (χ0n) is 15.4. The lowest BCUT2D eigenvalue weighted by Crippen LogP contribution is -2.46. The molecule has 7 nitrogen and oxygen atoms in total. The average Bonchev–Trinajstić information content (AvgIpc) is 3.16. The van der Waals surface area contributed by atoms with Gasteiger partial charge in [0, 0.05) is 16.7 Å². The summed E-state index contributed by atoms with van der Waals surface area (Å²) in [5.41, 5.74) is 2.50. The Kier molecular flexibility index (Phi) is 4.84. The first kappa shape index (κ1) is 18.9. The number of rotatable bonds is 2. The molecule has 0 saturated carbocycles. The van der Waals surface area contributed by atoms with Gasteiger partial charge in [-0.25, -0.2) is 9.78 Å². The third-order valence-corrected chi connectivity index (χ3v) is 5.57. The van der Waals surface area contributed by atoms with E-state index in [0.29, 0.717) is 23.1 Å². The van der Waals surface area contributed by atoms with E-state index in [1.54, 1.807) is 29.6 Å². The quantitative estimate of drug-likeness (QED) is 0.600. The molecule has 0 atom stereocenters. The van der Waals surface area contributed by atoms with Crippen LogP contribution in [-0.2, 0) is 6.42 Å². The van der Waals surface area contributed by atoms with E-state index in [1.165, 1.54) is 4.80 Å². The van der Waals surface area contributed by atoms with Gasteiger partial charge in [-0.3, -0.25) is 4.90 Å². The predicted molar refractivity (Wildman–Crippen MR) is 112 cm³/mol. The highest BCUT2D eigenvalue weighted by Crippen LogP contribution is 2.40. The standard InChI is InChI=1S/C19H18BrClN6O/c1-19(2)9-13-14(20)4-3-5-16(13)26(11-19)18(28)25-12-8-15(21)17(22-10-12)27-23-6-7-24-27/h3-8,10H,9,11H2,1-2H3,(H,25,28). The van der Waals surface area contributed by atoms with E-state index >= 15 is 0 Å². The molecule has 144 valence electrons. The number of fused-ring (bicyclic) bond motifs is 1. The molecule has 1 aliphatic rings. The molecule has 3 heterocycles. The third-order valence-electron chi connectivity index (χ3n) is 4.55. The minimum absolute atomic E-state index is 0.0419. The minimum Gasteiger partial charge on any atom is -0.306 e. The number of hydrogen-bond acceptors (Lipinski definition) is 4. The molecule has 2 amide bonds. The number of aromatic nitrogens is 4. The molecule has 0 fully saturated rings. The first-order chi connectivity index (χ1) is 13.3. The molecule has 3 aromatic rings. The van der Waals surface area contributed by atoms with Crippen LogP contribution in [0.15, 0.2) is 47.3 Å². The summed E-state index contributed by atoms with van der Waals surface area (Å²) in [6.07, 6.45) is 5.52. The zero-order valence-corrected chi connectivity index (χ0v) is 17.7. The fourth-order valence-electron chi connectivity index (χ4n) is 3.37. The summed E-state index contributed by atoms with van der Waals surface area (Å²) < 4.78 is 1.01. The molecule has 0 saturated heterocycles. The Morgan fingerprint density at radius 1 is 1.29 bits per heavy atom. The van der Waals surface area contributed by atoms with Crippen molar-refractivity contribution in [3.8, 4) is 5.82 Å². The number of nitrogens with zero attached hydrogens (tertiary/aromatic N) is 5. The maximum Gasteiger partial charge on any atom is 0.326 e. The van der Waals surface area contributed by atoms with Gasteiger partial charge in [0.25, 0.3) is 0 Å². The van der Waals surface area contributed by atoms with E-state index in [2.05, 4.69) is 50.3 Å². The second-order valence-corrected chi connectivity index (χ2v) is 8.70. The Hall–Kier alpha value is -2.45. The van der Waals surface area contributed by atoms with Crippen molar-refractivity contribution in [3.05, 3.63) is 57.9 Å². The summed E-state index contributed by atoms with van der Waals surface area (Å²) in [4.78, 5) is 20.4. The molecule has 1 N–H and O–H groups in total. The van der Waals surface area contributed by atoms with E-state index in [9.17, 15) is 4.79 Å². The normalized spacial score (nSPS) is 15.2. The summed E-state index contributed by atoms with van der Waals surface area (Å²) in [5.74, 6) is 0.401. The number of nitrogens with one attached hydrogen (secondary N) is 1. The van der Waals surface area contributed by atoms with Crippen LogP contribution >= 0.6 is 27.5 Å². The summed E-state index contributed by atoms with van der Waals surface area (Å²) in [7, 11) is 0. The maximum absolute atomic E-state index is 13.1. The van der Waals surface area contributed by atoms with Gasteiger partial charge in [0.1, 0.15) is 0 Å². The Labute approximate surface area is 175 Å². The van der Waals surface area contributed by atoms with Crippen LogP contribution in [0.4, 0.5) is 16.2 Å². The number of anilines is 2. The number of carbonyl (C=O) groups is 1. The van der Waals surface area contributed by atoms with Crippen LogP contribution in [0, 0.1) is 5.41 Å². The van der Waals surface area contributed by atoms with Crippen molar-refractivity contribution in [1.82, 2.24) is 20.0 Å². The summed E-state index contributed by atoms with van der Waals surface area (Å²) in [6.45, 7) is 4.92. The molecule has 0 aliphatic carbocycles. The number of hydrogen-bond donors (Lipinski definition) is 1. The van der Waals surface area contributed by atoms with Crippen LogP contribution in [0.3, 0.4) is 0 Å². The van der Waals surface area contributed by atoms with Gasteiger partial charge < -0.3 is 5.32 Å². The minimum atomic E-state index is -0.227. The van der Waals surface area contributed by atoms with E-state index in [0.717, 1.165) is 22.1 Å². The maximum atomic E-state index is 13.1. The van der Waals surface area contributed by atoms with Gasteiger partial charge in [-0.1, -0.05) is 47.4 Å². The van der Waals surface area contributed by atoms with Crippen molar-refractivity contribution >= 4 is 44.9 Å². The van der Waals surface area contributed by atoms with Crippen LogP contribution in [-0.4, -0.2) is 32.6 Å². The first-order valence-corrected chi connectivity index (χ1v) is 9.89. The Morgan fingerprint density at radius 3 is 2.75 bits per heavy atom. The van der Waals surface area contributed by atoms with Crippen molar-refractivity contribution in [2.45, 2.75) is 20.3 Å². The number of pyridine rings is 1. The molecule has 2 aromatic heterocycles. The van der Waals surface area contributed by atoms with Crippen LogP contribution in [0.1, 0.15) is 19.4 Å². The number of amides is 2. The smallest absolute Gasteiger partial charge is 0.306 e. The molecular weight excluding hydrogens is 444 g/mol. The lowest BCUT2D eigenvalue weighted by atomic mass is 9.81. The average molecular weight is 462 g/mol. The van der Waals surface area contributed by atoms with Gasteiger partial charge in [-0.05, 0) is 35.6 Å². The number of urea groups is 1. The van der Waals surface area contributed by atoms with Gasteiger partial charge in [0.05, 0.1) is 29.3 Å². The molecule has 0 bridgehead atoms. The molecular formula is C19H18BrClN6O. The summed E-state index contributed by atoms with van der Waals surface area (Å²) >= 11 is 9.92. The van der Waals surface area contributed by atoms with Gasteiger partial charge in [-0.2, -0.15) is 10.2 Å². The van der Waals surface area contributed by atoms with E-state index < -0.39 is 0 Å². The van der Waals surface area contributed by atoms with Crippen molar-refractivity contribution in [3.63, 3.8) is 0 Å². The highest BCUT2D eigenvalue weighted by Gasteiger charge is 2.34. The zero-order chi connectivity index (χ0) is 19.9. The molecule has 9 heteroatoms. The number of benzene rings is 1. The topological polar surface area (TPSA) is 75.9 Å². The summed E-state index contributed by atoms with van der Waals surface area (Å²) in [5, 5.41) is 11.3. The van der Waals surface area contributed by atoms with Crippen molar-refractivity contribution < 1.29 is 4.79 Å². The van der Waals surface area contributed by atoms with Gasteiger partial charge >= 0.3 is 6.03 Å². The van der Waals surface area contributed by atoms with Crippen LogP contribution in [0.5, 0.6) is 0 Å². The number of halogens is 2. The van der Waals surface area contributed by atoms with Crippen molar-refractivity contribution in [2.75, 3.05) is 16.8 Å². The van der Waals surface area contributed by atoms with Gasteiger partial charge in [-0.15, -0.1) is 4.80 Å².